The topological polar surface area (TPSA) is 92.8 Å². The van der Waals surface area contributed by atoms with E-state index < -0.39 is 20.0 Å². The van der Waals surface area contributed by atoms with Crippen LogP contribution in [-0.2, 0) is 20.0 Å². The van der Waals surface area contributed by atoms with Crippen LogP contribution in [0.25, 0.3) is 0 Å². The third kappa shape index (κ3) is 4.33. The lowest BCUT2D eigenvalue weighted by atomic mass is 9.99. The van der Waals surface area contributed by atoms with Crippen LogP contribution >= 0.6 is 11.6 Å². The molecule has 7 nitrogen and oxygen atoms in total. The van der Waals surface area contributed by atoms with E-state index in [1.807, 2.05) is 0 Å². The first-order valence-electron chi connectivity index (χ1n) is 8.56. The second-order valence-corrected chi connectivity index (χ2v) is 11.1. The molecule has 1 N–H and O–H groups in total. The van der Waals surface area contributed by atoms with Gasteiger partial charge in [-0.1, -0.05) is 11.6 Å². The molecule has 1 aromatic rings. The Morgan fingerprint density at radius 2 is 1.81 bits per heavy atom. The van der Waals surface area contributed by atoms with E-state index in [4.69, 9.17) is 16.3 Å². The minimum Gasteiger partial charge on any atom is -0.495 e. The Labute approximate surface area is 159 Å². The maximum atomic E-state index is 12.4. The van der Waals surface area contributed by atoms with E-state index in [0.717, 1.165) is 12.8 Å². The van der Waals surface area contributed by atoms with E-state index in [1.165, 1.54) is 25.3 Å². The van der Waals surface area contributed by atoms with Crippen LogP contribution in [0.1, 0.15) is 25.7 Å². The molecule has 26 heavy (non-hydrogen) atoms. The molecule has 3 rings (SSSR count). The highest BCUT2D eigenvalue weighted by molar-refractivity contribution is 7.90. The quantitative estimate of drug-likeness (QED) is 0.723. The number of halogens is 1. The molecule has 1 saturated heterocycles. The normalized spacial score (nSPS) is 20.2. The van der Waals surface area contributed by atoms with Gasteiger partial charge in [0, 0.05) is 19.6 Å². The summed E-state index contributed by atoms with van der Waals surface area (Å²) in [6.45, 7) is 1.20. The van der Waals surface area contributed by atoms with Crippen LogP contribution in [0, 0.1) is 5.92 Å². The van der Waals surface area contributed by atoms with Crippen LogP contribution < -0.4 is 9.46 Å². The second kappa shape index (κ2) is 7.63. The number of hydrogen-bond acceptors (Lipinski definition) is 5. The highest BCUT2D eigenvalue weighted by Crippen LogP contribution is 2.33. The first-order valence-corrected chi connectivity index (χ1v) is 11.9. The SMILES string of the molecule is COc1ccc(S(=O)(=O)NCC2CCN(S(=O)(=O)C3CC3)CC2)cc1Cl. The lowest BCUT2D eigenvalue weighted by Crippen LogP contribution is -2.42. The van der Waals surface area contributed by atoms with Gasteiger partial charge in [-0.2, -0.15) is 0 Å². The summed E-state index contributed by atoms with van der Waals surface area (Å²) in [6.07, 6.45) is 2.81. The maximum absolute atomic E-state index is 12.4. The van der Waals surface area contributed by atoms with Gasteiger partial charge in [0.2, 0.25) is 20.0 Å². The highest BCUT2D eigenvalue weighted by atomic mass is 35.5. The zero-order valence-corrected chi connectivity index (χ0v) is 16.9. The van der Waals surface area contributed by atoms with E-state index in [0.29, 0.717) is 31.7 Å². The minimum atomic E-state index is -3.67. The van der Waals surface area contributed by atoms with Gasteiger partial charge in [0.05, 0.1) is 22.3 Å². The van der Waals surface area contributed by atoms with E-state index in [-0.39, 0.29) is 27.6 Å². The van der Waals surface area contributed by atoms with Gasteiger partial charge in [-0.05, 0) is 49.8 Å². The van der Waals surface area contributed by atoms with Crippen LogP contribution in [0.5, 0.6) is 5.75 Å². The molecule has 0 radical (unpaired) electrons. The molecule has 146 valence electrons. The predicted octanol–water partition coefficient (Wildman–Crippen LogP) is 1.83. The molecule has 1 heterocycles. The van der Waals surface area contributed by atoms with Crippen molar-refractivity contribution in [1.82, 2.24) is 9.03 Å². The number of benzene rings is 1. The van der Waals surface area contributed by atoms with Gasteiger partial charge in [-0.3, -0.25) is 0 Å². The first-order chi connectivity index (χ1) is 12.2. The van der Waals surface area contributed by atoms with Crippen molar-refractivity contribution in [3.05, 3.63) is 23.2 Å². The van der Waals surface area contributed by atoms with E-state index in [1.54, 1.807) is 4.31 Å². The Hall–Kier alpha value is -0.870. The molecule has 1 aliphatic carbocycles. The number of nitrogens with zero attached hydrogens (tertiary/aromatic N) is 1. The second-order valence-electron chi connectivity index (χ2n) is 6.73. The smallest absolute Gasteiger partial charge is 0.240 e. The Balaban J connectivity index is 1.55. The standard InChI is InChI=1S/C16H23ClN2O5S2/c1-24-16-5-4-14(10-15(16)17)25(20,21)18-11-12-6-8-19(9-7-12)26(22,23)13-2-3-13/h4-5,10,12-13,18H,2-3,6-9,11H2,1H3. The largest absolute Gasteiger partial charge is 0.495 e. The molecule has 1 saturated carbocycles. The third-order valence-corrected chi connectivity index (χ3v) is 8.99. The summed E-state index contributed by atoms with van der Waals surface area (Å²) in [5.74, 6) is 0.527. The predicted molar refractivity (Wildman–Crippen MR) is 99.4 cm³/mol. The van der Waals surface area contributed by atoms with E-state index >= 15 is 0 Å². The number of piperidine rings is 1. The zero-order chi connectivity index (χ0) is 18.9. The van der Waals surface area contributed by atoms with E-state index in [9.17, 15) is 16.8 Å². The number of hydrogen-bond donors (Lipinski definition) is 1. The summed E-state index contributed by atoms with van der Waals surface area (Å²) in [5, 5.41) is 0.0336. The van der Waals surface area contributed by atoms with Gasteiger partial charge in [0.15, 0.2) is 0 Å². The number of rotatable bonds is 7. The number of ether oxygens (including phenoxy) is 1. The van der Waals surface area contributed by atoms with Gasteiger partial charge >= 0.3 is 0 Å². The summed E-state index contributed by atoms with van der Waals surface area (Å²) in [5.41, 5.74) is 0. The minimum absolute atomic E-state index is 0.0806. The molecule has 1 aromatic carbocycles. The molecular weight excluding hydrogens is 400 g/mol. The van der Waals surface area contributed by atoms with Crippen molar-refractivity contribution in [2.24, 2.45) is 5.92 Å². The molecule has 10 heteroatoms. The zero-order valence-electron chi connectivity index (χ0n) is 14.5. The van der Waals surface area contributed by atoms with Crippen LogP contribution in [0.4, 0.5) is 0 Å². The van der Waals surface area contributed by atoms with Gasteiger partial charge < -0.3 is 4.74 Å². The van der Waals surface area contributed by atoms with Crippen molar-refractivity contribution in [2.75, 3.05) is 26.7 Å². The van der Waals surface area contributed by atoms with Crippen molar-refractivity contribution >= 4 is 31.6 Å². The highest BCUT2D eigenvalue weighted by Gasteiger charge is 2.41. The van der Waals surface area contributed by atoms with Crippen molar-refractivity contribution in [3.8, 4) is 5.75 Å². The fourth-order valence-electron chi connectivity index (χ4n) is 3.07. The first kappa shape index (κ1) is 19.9. The summed E-state index contributed by atoms with van der Waals surface area (Å²) in [4.78, 5) is 0.0806. The molecule has 2 fully saturated rings. The van der Waals surface area contributed by atoms with Gasteiger partial charge in [-0.25, -0.2) is 25.9 Å². The molecule has 0 aromatic heterocycles. The third-order valence-electron chi connectivity index (χ3n) is 4.87. The van der Waals surface area contributed by atoms with Crippen LogP contribution in [0.2, 0.25) is 5.02 Å². The molecule has 0 spiro atoms. The van der Waals surface area contributed by atoms with Gasteiger partial charge in [0.25, 0.3) is 0 Å². The Kier molecular flexibility index (Phi) is 5.83. The molecule has 1 aliphatic heterocycles. The summed E-state index contributed by atoms with van der Waals surface area (Å²) >= 11 is 5.99. The molecule has 0 unspecified atom stereocenters. The molecular formula is C16H23ClN2O5S2. The monoisotopic (exact) mass is 422 g/mol. The van der Waals surface area contributed by atoms with Crippen molar-refractivity contribution in [1.29, 1.82) is 0 Å². The van der Waals surface area contributed by atoms with Crippen molar-refractivity contribution < 1.29 is 21.6 Å². The molecule has 0 atom stereocenters. The molecule has 0 bridgehead atoms. The number of sulfonamides is 2. The lowest BCUT2D eigenvalue weighted by molar-refractivity contribution is 0.274. The van der Waals surface area contributed by atoms with Crippen LogP contribution in [0.3, 0.4) is 0 Å². The van der Waals surface area contributed by atoms with Crippen LogP contribution in [0.15, 0.2) is 23.1 Å². The lowest BCUT2D eigenvalue weighted by Gasteiger charge is -2.31. The summed E-state index contributed by atoms with van der Waals surface area (Å²) in [7, 11) is -5.35. The number of methoxy groups -OCH3 is 1. The molecule has 2 aliphatic rings. The fourth-order valence-corrected chi connectivity index (χ4v) is 6.41. The Bertz CT molecular complexity index is 861. The Morgan fingerprint density at radius 1 is 1.15 bits per heavy atom. The van der Waals surface area contributed by atoms with Gasteiger partial charge in [-0.15, -0.1) is 0 Å². The van der Waals surface area contributed by atoms with Crippen molar-refractivity contribution in [2.45, 2.75) is 35.8 Å². The maximum Gasteiger partial charge on any atom is 0.240 e. The van der Waals surface area contributed by atoms with Crippen LogP contribution in [-0.4, -0.2) is 53.1 Å². The summed E-state index contributed by atoms with van der Waals surface area (Å²) < 4.78 is 58.5. The Morgan fingerprint density at radius 3 is 2.35 bits per heavy atom. The van der Waals surface area contributed by atoms with Crippen molar-refractivity contribution in [3.63, 3.8) is 0 Å². The summed E-state index contributed by atoms with van der Waals surface area (Å²) in [6, 6.07) is 4.31. The number of nitrogens with one attached hydrogen (secondary N) is 1. The average molecular weight is 423 g/mol. The fraction of sp³-hybridized carbons (Fsp3) is 0.625. The molecule has 0 amide bonds. The van der Waals surface area contributed by atoms with Gasteiger partial charge in [0.1, 0.15) is 5.75 Å². The van der Waals surface area contributed by atoms with E-state index in [2.05, 4.69) is 4.72 Å². The average Bonchev–Trinajstić information content (AvgIpc) is 3.46.